The van der Waals surface area contributed by atoms with Crippen molar-refractivity contribution >= 4 is 0 Å². The van der Waals surface area contributed by atoms with Gasteiger partial charge in [0.25, 0.3) is 0 Å². The molecule has 1 aliphatic rings. The van der Waals surface area contributed by atoms with Crippen LogP contribution in [0.1, 0.15) is 12.8 Å². The second-order valence-electron chi connectivity index (χ2n) is 3.31. The fraction of sp³-hybridized carbons (Fsp3) is 0.875. The Morgan fingerprint density at radius 2 is 2.27 bits per heavy atom. The molecular formula is C8H15N3. The molecule has 0 aliphatic carbocycles. The Morgan fingerprint density at radius 1 is 1.55 bits per heavy atom. The molecule has 1 aliphatic heterocycles. The van der Waals surface area contributed by atoms with E-state index in [0.717, 1.165) is 19.5 Å². The topological polar surface area (TPSA) is 30.3 Å². The van der Waals surface area contributed by atoms with Crippen molar-refractivity contribution < 1.29 is 0 Å². The van der Waals surface area contributed by atoms with Gasteiger partial charge in [-0.3, -0.25) is 0 Å². The average Bonchev–Trinajstić information content (AvgIpc) is 2.05. The lowest BCUT2D eigenvalue weighted by Crippen LogP contribution is -2.42. The van der Waals surface area contributed by atoms with Crippen LogP contribution in [0.25, 0.3) is 0 Å². The van der Waals surface area contributed by atoms with Crippen molar-refractivity contribution in [2.24, 2.45) is 0 Å². The van der Waals surface area contributed by atoms with Gasteiger partial charge in [-0.1, -0.05) is 0 Å². The predicted octanol–water partition coefficient (Wildman–Crippen LogP) is 0.493. The fourth-order valence-corrected chi connectivity index (χ4v) is 1.47. The van der Waals surface area contributed by atoms with Gasteiger partial charge >= 0.3 is 0 Å². The minimum absolute atomic E-state index is 0.573. The van der Waals surface area contributed by atoms with E-state index in [-0.39, 0.29) is 0 Å². The van der Waals surface area contributed by atoms with Crippen molar-refractivity contribution in [1.82, 2.24) is 9.80 Å². The van der Waals surface area contributed by atoms with Crippen LogP contribution in [0.5, 0.6) is 0 Å². The molecule has 0 spiro atoms. The molecule has 11 heavy (non-hydrogen) atoms. The third kappa shape index (κ3) is 2.09. The molecule has 1 saturated heterocycles. The SMILES string of the molecule is CN(C)C1CCCN(C#N)C1. The molecule has 1 atom stereocenters. The van der Waals surface area contributed by atoms with E-state index >= 15 is 0 Å². The normalized spacial score (nSPS) is 25.3. The lowest BCUT2D eigenvalue weighted by atomic mass is 10.1. The molecule has 1 rings (SSSR count). The van der Waals surface area contributed by atoms with Gasteiger partial charge in [0, 0.05) is 19.1 Å². The minimum Gasteiger partial charge on any atom is -0.309 e. The summed E-state index contributed by atoms with van der Waals surface area (Å²) in [5.74, 6) is 0. The van der Waals surface area contributed by atoms with Crippen molar-refractivity contribution in [3.8, 4) is 6.19 Å². The number of nitriles is 1. The van der Waals surface area contributed by atoms with E-state index in [1.807, 2.05) is 4.90 Å². The van der Waals surface area contributed by atoms with Crippen LogP contribution >= 0.6 is 0 Å². The van der Waals surface area contributed by atoms with Crippen molar-refractivity contribution in [2.45, 2.75) is 18.9 Å². The van der Waals surface area contributed by atoms with E-state index in [1.165, 1.54) is 6.42 Å². The van der Waals surface area contributed by atoms with Crippen LogP contribution in [0.15, 0.2) is 0 Å². The Bertz CT molecular complexity index is 159. The van der Waals surface area contributed by atoms with Crippen LogP contribution in [-0.4, -0.2) is 43.0 Å². The maximum atomic E-state index is 8.65. The number of nitrogens with zero attached hydrogens (tertiary/aromatic N) is 3. The molecule has 0 radical (unpaired) electrons. The molecule has 3 heteroatoms. The van der Waals surface area contributed by atoms with Crippen molar-refractivity contribution in [1.29, 1.82) is 5.26 Å². The molecular weight excluding hydrogens is 138 g/mol. The molecule has 1 fully saturated rings. The molecule has 1 unspecified atom stereocenters. The zero-order valence-electron chi connectivity index (χ0n) is 7.25. The maximum absolute atomic E-state index is 8.65. The van der Waals surface area contributed by atoms with E-state index in [1.54, 1.807) is 0 Å². The summed E-state index contributed by atoms with van der Waals surface area (Å²) in [5.41, 5.74) is 0. The molecule has 3 nitrogen and oxygen atoms in total. The highest BCUT2D eigenvalue weighted by Crippen LogP contribution is 2.12. The van der Waals surface area contributed by atoms with Gasteiger partial charge < -0.3 is 9.80 Å². The van der Waals surface area contributed by atoms with Gasteiger partial charge in [-0.05, 0) is 26.9 Å². The predicted molar refractivity (Wildman–Crippen MR) is 43.9 cm³/mol. The maximum Gasteiger partial charge on any atom is 0.179 e. The summed E-state index contributed by atoms with van der Waals surface area (Å²) in [7, 11) is 4.15. The molecule has 0 aromatic carbocycles. The molecule has 0 bridgehead atoms. The molecule has 0 saturated carbocycles. The number of likely N-dealkylation sites (N-methyl/N-ethyl adjacent to an activating group) is 1. The lowest BCUT2D eigenvalue weighted by Gasteiger charge is -2.32. The second kappa shape index (κ2) is 3.59. The van der Waals surface area contributed by atoms with Crippen LogP contribution in [0, 0.1) is 11.5 Å². The number of hydrogen-bond donors (Lipinski definition) is 0. The van der Waals surface area contributed by atoms with Gasteiger partial charge in [-0.15, -0.1) is 0 Å². The standard InChI is InChI=1S/C8H15N3/c1-10(2)8-4-3-5-11(6-8)7-9/h8H,3-6H2,1-2H3. The zero-order chi connectivity index (χ0) is 8.27. The summed E-state index contributed by atoms with van der Waals surface area (Å²) in [5, 5.41) is 8.65. The van der Waals surface area contributed by atoms with Crippen LogP contribution in [-0.2, 0) is 0 Å². The lowest BCUT2D eigenvalue weighted by molar-refractivity contribution is 0.176. The Labute approximate surface area is 68.2 Å². The Balaban J connectivity index is 2.41. The minimum atomic E-state index is 0.573. The second-order valence-corrected chi connectivity index (χ2v) is 3.31. The molecule has 1 heterocycles. The highest BCUT2D eigenvalue weighted by Gasteiger charge is 2.19. The summed E-state index contributed by atoms with van der Waals surface area (Å²) >= 11 is 0. The van der Waals surface area contributed by atoms with E-state index in [0.29, 0.717) is 6.04 Å². The first kappa shape index (κ1) is 8.35. The summed E-state index contributed by atoms with van der Waals surface area (Å²) in [6, 6.07) is 0.573. The summed E-state index contributed by atoms with van der Waals surface area (Å²) in [6.07, 6.45) is 4.57. The number of piperidine rings is 1. The largest absolute Gasteiger partial charge is 0.309 e. The molecule has 62 valence electrons. The quantitative estimate of drug-likeness (QED) is 0.514. The van der Waals surface area contributed by atoms with Gasteiger partial charge in [0.1, 0.15) is 0 Å². The zero-order valence-corrected chi connectivity index (χ0v) is 7.25. The molecule has 0 amide bonds. The molecule has 0 aromatic heterocycles. The Morgan fingerprint density at radius 3 is 2.82 bits per heavy atom. The van der Waals surface area contributed by atoms with Crippen molar-refractivity contribution in [3.63, 3.8) is 0 Å². The van der Waals surface area contributed by atoms with Crippen LogP contribution in [0.4, 0.5) is 0 Å². The van der Waals surface area contributed by atoms with Gasteiger partial charge in [-0.25, -0.2) is 0 Å². The fourth-order valence-electron chi connectivity index (χ4n) is 1.47. The Hall–Kier alpha value is -0.750. The van der Waals surface area contributed by atoms with Crippen molar-refractivity contribution in [3.05, 3.63) is 0 Å². The summed E-state index contributed by atoms with van der Waals surface area (Å²) in [6.45, 7) is 1.85. The van der Waals surface area contributed by atoms with Crippen LogP contribution in [0.2, 0.25) is 0 Å². The van der Waals surface area contributed by atoms with E-state index in [9.17, 15) is 0 Å². The number of likely N-dealkylation sites (tertiary alicyclic amines) is 1. The van der Waals surface area contributed by atoms with Gasteiger partial charge in [0.2, 0.25) is 0 Å². The molecule has 0 N–H and O–H groups in total. The smallest absolute Gasteiger partial charge is 0.179 e. The van der Waals surface area contributed by atoms with Gasteiger partial charge in [-0.2, -0.15) is 5.26 Å². The highest BCUT2D eigenvalue weighted by atomic mass is 15.2. The van der Waals surface area contributed by atoms with Crippen LogP contribution in [0.3, 0.4) is 0 Å². The third-order valence-corrected chi connectivity index (χ3v) is 2.27. The first-order chi connectivity index (χ1) is 5.24. The molecule has 0 aromatic rings. The van der Waals surface area contributed by atoms with Crippen molar-refractivity contribution in [2.75, 3.05) is 27.2 Å². The first-order valence-corrected chi connectivity index (χ1v) is 4.05. The van der Waals surface area contributed by atoms with E-state index < -0.39 is 0 Å². The van der Waals surface area contributed by atoms with E-state index in [4.69, 9.17) is 5.26 Å². The third-order valence-electron chi connectivity index (χ3n) is 2.27. The van der Waals surface area contributed by atoms with E-state index in [2.05, 4.69) is 25.2 Å². The first-order valence-electron chi connectivity index (χ1n) is 4.05. The Kier molecular flexibility index (Phi) is 2.72. The average molecular weight is 153 g/mol. The monoisotopic (exact) mass is 153 g/mol. The summed E-state index contributed by atoms with van der Waals surface area (Å²) < 4.78 is 0. The van der Waals surface area contributed by atoms with Gasteiger partial charge in [0.15, 0.2) is 6.19 Å². The van der Waals surface area contributed by atoms with Crippen LogP contribution < -0.4 is 0 Å². The number of hydrogen-bond acceptors (Lipinski definition) is 3. The number of rotatable bonds is 1. The highest BCUT2D eigenvalue weighted by molar-refractivity contribution is 4.84. The van der Waals surface area contributed by atoms with Gasteiger partial charge in [0.05, 0.1) is 0 Å². The summed E-state index contributed by atoms with van der Waals surface area (Å²) in [4.78, 5) is 4.04.